The topological polar surface area (TPSA) is 64.1 Å². The molecule has 0 aliphatic carbocycles. The zero-order valence-electron chi connectivity index (χ0n) is 14.2. The molecular weight excluding hydrogens is 333 g/mol. The highest BCUT2D eigenvalue weighted by molar-refractivity contribution is 5.80. The van der Waals surface area contributed by atoms with Crippen molar-refractivity contribution in [3.8, 4) is 17.0 Å². The minimum Gasteiger partial charge on any atom is -0.478 e. The number of carbonyl (C=O) groups is 1. The lowest BCUT2D eigenvalue weighted by atomic mass is 10.1. The van der Waals surface area contributed by atoms with Crippen LogP contribution in [0.4, 0.5) is 4.39 Å². The number of hydrogen-bond donors (Lipinski definition) is 1. The first-order valence-corrected chi connectivity index (χ1v) is 8.17. The van der Waals surface area contributed by atoms with Crippen LogP contribution < -0.4 is 10.1 Å². The van der Waals surface area contributed by atoms with Crippen LogP contribution in [0.25, 0.3) is 11.3 Å². The minimum absolute atomic E-state index is 0.0534. The molecule has 3 aromatic rings. The molecule has 1 unspecified atom stereocenters. The number of nitrogens with one attached hydrogen (secondary N) is 1. The number of ether oxygens (including phenoxy) is 1. The highest BCUT2D eigenvalue weighted by atomic mass is 19.1. The van der Waals surface area contributed by atoms with Gasteiger partial charge in [-0.2, -0.15) is 0 Å². The van der Waals surface area contributed by atoms with Gasteiger partial charge in [0.2, 0.25) is 0 Å². The van der Waals surface area contributed by atoms with Crippen molar-refractivity contribution in [3.63, 3.8) is 0 Å². The number of para-hydroxylation sites is 1. The van der Waals surface area contributed by atoms with Crippen LogP contribution in [0, 0.1) is 5.82 Å². The van der Waals surface area contributed by atoms with Gasteiger partial charge in [-0.25, -0.2) is 4.39 Å². The van der Waals surface area contributed by atoms with Crippen LogP contribution in [-0.2, 0) is 11.3 Å². The molecule has 0 saturated heterocycles. The predicted molar refractivity (Wildman–Crippen MR) is 95.8 cm³/mol. The number of pyridine rings is 2. The first-order chi connectivity index (χ1) is 12.6. The van der Waals surface area contributed by atoms with Crippen molar-refractivity contribution in [2.24, 2.45) is 0 Å². The molecule has 0 saturated carbocycles. The van der Waals surface area contributed by atoms with Crippen LogP contribution in [-0.4, -0.2) is 22.0 Å². The van der Waals surface area contributed by atoms with Gasteiger partial charge in [0.05, 0.1) is 5.69 Å². The summed E-state index contributed by atoms with van der Waals surface area (Å²) in [7, 11) is 0. The maximum atomic E-state index is 13.6. The van der Waals surface area contributed by atoms with Crippen molar-refractivity contribution < 1.29 is 13.9 Å². The van der Waals surface area contributed by atoms with E-state index in [1.807, 2.05) is 24.3 Å². The standard InChI is InChI=1S/C20H18FN3O2/c1-14(26-19-7-3-2-6-17(19)21)20(25)24-12-15-8-9-18(23-11-15)16-5-4-10-22-13-16/h2-11,13-14H,12H2,1H3,(H,24,25). The third kappa shape index (κ3) is 4.42. The molecule has 0 bridgehead atoms. The molecule has 0 spiro atoms. The number of aromatic nitrogens is 2. The second kappa shape index (κ2) is 8.20. The van der Waals surface area contributed by atoms with E-state index in [-0.39, 0.29) is 11.7 Å². The van der Waals surface area contributed by atoms with E-state index in [4.69, 9.17) is 4.74 Å². The van der Waals surface area contributed by atoms with Gasteiger partial charge in [-0.1, -0.05) is 18.2 Å². The van der Waals surface area contributed by atoms with E-state index < -0.39 is 11.9 Å². The van der Waals surface area contributed by atoms with Gasteiger partial charge in [-0.3, -0.25) is 14.8 Å². The van der Waals surface area contributed by atoms with E-state index in [1.54, 1.807) is 37.6 Å². The highest BCUT2D eigenvalue weighted by Gasteiger charge is 2.16. The van der Waals surface area contributed by atoms with E-state index in [0.29, 0.717) is 6.54 Å². The molecule has 1 amide bonds. The zero-order chi connectivity index (χ0) is 18.4. The Morgan fingerprint density at radius 1 is 1.15 bits per heavy atom. The van der Waals surface area contributed by atoms with Crippen molar-refractivity contribution in [2.75, 3.05) is 0 Å². The molecule has 0 fully saturated rings. The molecule has 0 aliphatic rings. The molecule has 1 atom stereocenters. The summed E-state index contributed by atoms with van der Waals surface area (Å²) in [5, 5.41) is 2.76. The number of benzene rings is 1. The number of carbonyl (C=O) groups excluding carboxylic acids is 1. The molecule has 3 rings (SSSR count). The van der Waals surface area contributed by atoms with E-state index in [1.165, 1.54) is 12.1 Å². The summed E-state index contributed by atoms with van der Waals surface area (Å²) in [5.41, 5.74) is 2.59. The average molecular weight is 351 g/mol. The fourth-order valence-corrected chi connectivity index (χ4v) is 2.33. The fourth-order valence-electron chi connectivity index (χ4n) is 2.33. The summed E-state index contributed by atoms with van der Waals surface area (Å²) >= 11 is 0. The summed E-state index contributed by atoms with van der Waals surface area (Å²) in [6.07, 6.45) is 4.34. The Labute approximate surface area is 150 Å². The van der Waals surface area contributed by atoms with Gasteiger partial charge in [-0.15, -0.1) is 0 Å². The Morgan fingerprint density at radius 2 is 2.00 bits per heavy atom. The van der Waals surface area contributed by atoms with Gasteiger partial charge in [0, 0.05) is 30.7 Å². The first-order valence-electron chi connectivity index (χ1n) is 8.17. The predicted octanol–water partition coefficient (Wildman–Crippen LogP) is 3.37. The number of amides is 1. The van der Waals surface area contributed by atoms with Gasteiger partial charge in [0.1, 0.15) is 0 Å². The normalized spacial score (nSPS) is 11.6. The largest absolute Gasteiger partial charge is 0.478 e. The Morgan fingerprint density at radius 3 is 2.69 bits per heavy atom. The van der Waals surface area contributed by atoms with Crippen LogP contribution in [0.2, 0.25) is 0 Å². The lowest BCUT2D eigenvalue weighted by Gasteiger charge is -2.15. The van der Waals surface area contributed by atoms with Crippen molar-refractivity contribution in [2.45, 2.75) is 19.6 Å². The van der Waals surface area contributed by atoms with Crippen LogP contribution in [0.5, 0.6) is 5.75 Å². The van der Waals surface area contributed by atoms with Crippen molar-refractivity contribution in [3.05, 3.63) is 78.5 Å². The molecule has 2 heterocycles. The zero-order valence-corrected chi connectivity index (χ0v) is 14.2. The number of rotatable bonds is 6. The summed E-state index contributed by atoms with van der Waals surface area (Å²) in [6.45, 7) is 1.88. The Balaban J connectivity index is 1.55. The molecule has 2 aromatic heterocycles. The maximum Gasteiger partial charge on any atom is 0.261 e. The summed E-state index contributed by atoms with van der Waals surface area (Å²) < 4.78 is 18.9. The SMILES string of the molecule is CC(Oc1ccccc1F)C(=O)NCc1ccc(-c2cccnc2)nc1. The van der Waals surface area contributed by atoms with Gasteiger partial charge >= 0.3 is 0 Å². The quantitative estimate of drug-likeness (QED) is 0.740. The van der Waals surface area contributed by atoms with Crippen LogP contribution in [0.15, 0.2) is 67.1 Å². The molecular formula is C20H18FN3O2. The van der Waals surface area contributed by atoms with Crippen molar-refractivity contribution in [1.29, 1.82) is 0 Å². The van der Waals surface area contributed by atoms with E-state index in [0.717, 1.165) is 16.8 Å². The van der Waals surface area contributed by atoms with Crippen LogP contribution in [0.1, 0.15) is 12.5 Å². The second-order valence-electron chi connectivity index (χ2n) is 5.70. The van der Waals surface area contributed by atoms with E-state index in [2.05, 4.69) is 15.3 Å². The molecule has 5 nitrogen and oxygen atoms in total. The second-order valence-corrected chi connectivity index (χ2v) is 5.70. The Hall–Kier alpha value is -3.28. The fraction of sp³-hybridized carbons (Fsp3) is 0.150. The van der Waals surface area contributed by atoms with Crippen molar-refractivity contribution in [1.82, 2.24) is 15.3 Å². The molecule has 6 heteroatoms. The third-order valence-electron chi connectivity index (χ3n) is 3.76. The van der Waals surface area contributed by atoms with Crippen molar-refractivity contribution >= 4 is 5.91 Å². The molecule has 1 N–H and O–H groups in total. The van der Waals surface area contributed by atoms with Crippen LogP contribution in [0.3, 0.4) is 0 Å². The molecule has 0 radical (unpaired) electrons. The number of halogens is 1. The van der Waals surface area contributed by atoms with E-state index in [9.17, 15) is 9.18 Å². The Kier molecular flexibility index (Phi) is 5.53. The summed E-state index contributed by atoms with van der Waals surface area (Å²) in [6, 6.07) is 13.5. The summed E-state index contributed by atoms with van der Waals surface area (Å²) in [4.78, 5) is 20.6. The van der Waals surface area contributed by atoms with Gasteiger partial charge in [-0.05, 0) is 42.8 Å². The Bertz CT molecular complexity index is 870. The maximum absolute atomic E-state index is 13.6. The summed E-state index contributed by atoms with van der Waals surface area (Å²) in [5.74, 6) is -0.774. The highest BCUT2D eigenvalue weighted by Crippen LogP contribution is 2.17. The van der Waals surface area contributed by atoms with E-state index >= 15 is 0 Å². The molecule has 0 aliphatic heterocycles. The molecule has 132 valence electrons. The lowest BCUT2D eigenvalue weighted by molar-refractivity contribution is -0.127. The molecule has 26 heavy (non-hydrogen) atoms. The smallest absolute Gasteiger partial charge is 0.261 e. The van der Waals surface area contributed by atoms with Gasteiger partial charge in [0.25, 0.3) is 5.91 Å². The lowest BCUT2D eigenvalue weighted by Crippen LogP contribution is -2.36. The van der Waals surface area contributed by atoms with Gasteiger partial charge < -0.3 is 10.1 Å². The molecule has 1 aromatic carbocycles. The van der Waals surface area contributed by atoms with Gasteiger partial charge in [0.15, 0.2) is 17.7 Å². The number of nitrogens with zero attached hydrogens (tertiary/aromatic N) is 2. The van der Waals surface area contributed by atoms with Crippen LogP contribution >= 0.6 is 0 Å². The monoisotopic (exact) mass is 351 g/mol. The number of hydrogen-bond acceptors (Lipinski definition) is 4. The first kappa shape index (κ1) is 17.5. The third-order valence-corrected chi connectivity index (χ3v) is 3.76. The average Bonchev–Trinajstić information content (AvgIpc) is 2.69. The minimum atomic E-state index is -0.811.